The summed E-state index contributed by atoms with van der Waals surface area (Å²) in [7, 11) is 0. The van der Waals surface area contributed by atoms with Crippen LogP contribution < -0.4 is 10.6 Å². The Balaban J connectivity index is 2.67. The molecule has 0 spiro atoms. The molecule has 0 saturated heterocycles. The highest BCUT2D eigenvalue weighted by atomic mass is 16.4. The Morgan fingerprint density at radius 2 is 1.38 bits per heavy atom. The number of hydrogen-bond donors (Lipinski definition) is 3. The van der Waals surface area contributed by atoms with Crippen molar-refractivity contribution in [2.24, 2.45) is 0 Å². The van der Waals surface area contributed by atoms with E-state index in [1.807, 2.05) is 13.8 Å². The average molecular weight is 292 g/mol. The fraction of sp³-hybridized carbons (Fsp3) is 0.400. The van der Waals surface area contributed by atoms with E-state index in [1.54, 1.807) is 19.1 Å². The monoisotopic (exact) mass is 292 g/mol. The number of aliphatic carboxylic acids is 1. The number of carbonyl (C=O) groups excluding carboxylic acids is 2. The van der Waals surface area contributed by atoms with Gasteiger partial charge in [-0.15, -0.1) is 0 Å². The zero-order valence-corrected chi connectivity index (χ0v) is 12.3. The van der Waals surface area contributed by atoms with E-state index in [4.69, 9.17) is 5.11 Å². The van der Waals surface area contributed by atoms with Crippen LogP contribution in [0.3, 0.4) is 0 Å². The summed E-state index contributed by atoms with van der Waals surface area (Å²) in [6, 6.07) is 5.79. The summed E-state index contributed by atoms with van der Waals surface area (Å²) in [6.07, 6.45) is -0.138. The third-order valence-corrected chi connectivity index (χ3v) is 2.69. The fourth-order valence-electron chi connectivity index (χ4n) is 1.74. The first kappa shape index (κ1) is 16.7. The van der Waals surface area contributed by atoms with Crippen LogP contribution in [0.4, 0.5) is 0 Å². The van der Waals surface area contributed by atoms with Crippen LogP contribution in [0.5, 0.6) is 0 Å². The van der Waals surface area contributed by atoms with Crippen molar-refractivity contribution in [3.63, 3.8) is 0 Å². The van der Waals surface area contributed by atoms with Gasteiger partial charge >= 0.3 is 5.97 Å². The normalized spacial score (nSPS) is 11.8. The van der Waals surface area contributed by atoms with Gasteiger partial charge in [-0.2, -0.15) is 0 Å². The van der Waals surface area contributed by atoms with E-state index in [1.165, 1.54) is 12.1 Å². The molecule has 0 radical (unpaired) electrons. The minimum atomic E-state index is -0.969. The molecule has 21 heavy (non-hydrogen) atoms. The summed E-state index contributed by atoms with van der Waals surface area (Å²) in [5.41, 5.74) is 0.854. The first-order valence-corrected chi connectivity index (χ1v) is 6.73. The standard InChI is InChI=1S/C15H20N2O4/c1-9(2)16-14(20)11-4-6-12(7-5-11)15(21)17-10(3)8-13(18)19/h4-7,9-10H,8H2,1-3H3,(H,16,20)(H,17,21)(H,18,19). The van der Waals surface area contributed by atoms with Crippen LogP contribution in [-0.4, -0.2) is 35.0 Å². The summed E-state index contributed by atoms with van der Waals surface area (Å²) >= 11 is 0. The molecule has 0 bridgehead atoms. The van der Waals surface area contributed by atoms with Gasteiger partial charge in [0.05, 0.1) is 6.42 Å². The molecule has 0 saturated carbocycles. The SMILES string of the molecule is CC(C)NC(=O)c1ccc(C(=O)NC(C)CC(=O)O)cc1. The maximum absolute atomic E-state index is 11.9. The highest BCUT2D eigenvalue weighted by molar-refractivity contribution is 5.98. The Labute approximate surface area is 123 Å². The maximum atomic E-state index is 11.9. The molecule has 1 unspecified atom stereocenters. The minimum Gasteiger partial charge on any atom is -0.481 e. The zero-order chi connectivity index (χ0) is 16.0. The van der Waals surface area contributed by atoms with Gasteiger partial charge in [-0.25, -0.2) is 0 Å². The number of rotatable bonds is 6. The fourth-order valence-corrected chi connectivity index (χ4v) is 1.74. The summed E-state index contributed by atoms with van der Waals surface area (Å²) < 4.78 is 0. The highest BCUT2D eigenvalue weighted by Gasteiger charge is 2.13. The lowest BCUT2D eigenvalue weighted by Crippen LogP contribution is -2.34. The molecule has 6 nitrogen and oxygen atoms in total. The first-order chi connectivity index (χ1) is 9.79. The molecule has 0 fully saturated rings. The Hall–Kier alpha value is -2.37. The molecule has 1 rings (SSSR count). The molecule has 6 heteroatoms. The second kappa shape index (κ2) is 7.42. The van der Waals surface area contributed by atoms with E-state index in [0.717, 1.165) is 0 Å². The molecule has 0 aromatic heterocycles. The van der Waals surface area contributed by atoms with E-state index in [2.05, 4.69) is 10.6 Å². The molecule has 0 aliphatic rings. The third kappa shape index (κ3) is 5.64. The molecule has 114 valence electrons. The lowest BCUT2D eigenvalue weighted by molar-refractivity contribution is -0.137. The van der Waals surface area contributed by atoms with Crippen molar-refractivity contribution >= 4 is 17.8 Å². The summed E-state index contributed by atoms with van der Waals surface area (Å²) in [5, 5.41) is 14.0. The Morgan fingerprint density at radius 3 is 1.76 bits per heavy atom. The molecule has 1 atom stereocenters. The number of carbonyl (C=O) groups is 3. The summed E-state index contributed by atoms with van der Waals surface area (Å²) in [4.78, 5) is 34.2. The second-order valence-electron chi connectivity index (χ2n) is 5.18. The van der Waals surface area contributed by atoms with E-state index in [-0.39, 0.29) is 24.3 Å². The lowest BCUT2D eigenvalue weighted by Gasteiger charge is -2.12. The average Bonchev–Trinajstić information content (AvgIpc) is 2.36. The third-order valence-electron chi connectivity index (χ3n) is 2.69. The van der Waals surface area contributed by atoms with Crippen molar-refractivity contribution in [3.8, 4) is 0 Å². The van der Waals surface area contributed by atoms with Gasteiger partial charge in [0.15, 0.2) is 0 Å². The smallest absolute Gasteiger partial charge is 0.305 e. The lowest BCUT2D eigenvalue weighted by atomic mass is 10.1. The predicted molar refractivity (Wildman–Crippen MR) is 78.2 cm³/mol. The number of nitrogens with one attached hydrogen (secondary N) is 2. The van der Waals surface area contributed by atoms with Crippen molar-refractivity contribution in [1.82, 2.24) is 10.6 Å². The van der Waals surface area contributed by atoms with E-state index in [0.29, 0.717) is 11.1 Å². The topological polar surface area (TPSA) is 95.5 Å². The molecule has 1 aromatic carbocycles. The van der Waals surface area contributed by atoms with E-state index < -0.39 is 12.0 Å². The van der Waals surface area contributed by atoms with Gasteiger partial charge in [0.2, 0.25) is 0 Å². The Kier molecular flexibility index (Phi) is 5.90. The summed E-state index contributed by atoms with van der Waals surface area (Å²) in [5.74, 6) is -1.53. The highest BCUT2D eigenvalue weighted by Crippen LogP contribution is 2.06. The van der Waals surface area contributed by atoms with Gasteiger partial charge in [0.1, 0.15) is 0 Å². The molecule has 0 heterocycles. The molecule has 0 aliphatic heterocycles. The van der Waals surface area contributed by atoms with Crippen LogP contribution in [0.2, 0.25) is 0 Å². The van der Waals surface area contributed by atoms with Crippen LogP contribution >= 0.6 is 0 Å². The van der Waals surface area contributed by atoms with Crippen molar-refractivity contribution in [2.75, 3.05) is 0 Å². The van der Waals surface area contributed by atoms with Gasteiger partial charge in [0, 0.05) is 23.2 Å². The van der Waals surface area contributed by atoms with Crippen LogP contribution in [0.25, 0.3) is 0 Å². The van der Waals surface area contributed by atoms with Crippen LogP contribution in [0.15, 0.2) is 24.3 Å². The zero-order valence-electron chi connectivity index (χ0n) is 12.3. The predicted octanol–water partition coefficient (Wildman–Crippen LogP) is 1.42. The van der Waals surface area contributed by atoms with Crippen molar-refractivity contribution in [1.29, 1.82) is 0 Å². The maximum Gasteiger partial charge on any atom is 0.305 e. The Morgan fingerprint density at radius 1 is 0.952 bits per heavy atom. The largest absolute Gasteiger partial charge is 0.481 e. The van der Waals surface area contributed by atoms with E-state index >= 15 is 0 Å². The van der Waals surface area contributed by atoms with Crippen LogP contribution in [-0.2, 0) is 4.79 Å². The molecule has 0 aliphatic carbocycles. The molecule has 3 N–H and O–H groups in total. The molecular formula is C15H20N2O4. The van der Waals surface area contributed by atoms with E-state index in [9.17, 15) is 14.4 Å². The van der Waals surface area contributed by atoms with Gasteiger partial charge in [-0.3, -0.25) is 14.4 Å². The van der Waals surface area contributed by atoms with Gasteiger partial charge in [0.25, 0.3) is 11.8 Å². The summed E-state index contributed by atoms with van der Waals surface area (Å²) in [6.45, 7) is 5.35. The van der Waals surface area contributed by atoms with Crippen molar-refractivity contribution in [3.05, 3.63) is 35.4 Å². The van der Waals surface area contributed by atoms with Gasteiger partial charge < -0.3 is 15.7 Å². The number of amides is 2. The minimum absolute atomic E-state index is 0.0392. The quantitative estimate of drug-likeness (QED) is 0.739. The Bertz CT molecular complexity index is 523. The van der Waals surface area contributed by atoms with Crippen LogP contribution in [0.1, 0.15) is 47.9 Å². The first-order valence-electron chi connectivity index (χ1n) is 6.73. The van der Waals surface area contributed by atoms with Gasteiger partial charge in [-0.05, 0) is 45.0 Å². The van der Waals surface area contributed by atoms with Crippen LogP contribution in [0, 0.1) is 0 Å². The second-order valence-corrected chi connectivity index (χ2v) is 5.18. The van der Waals surface area contributed by atoms with Gasteiger partial charge in [-0.1, -0.05) is 0 Å². The number of hydrogen-bond acceptors (Lipinski definition) is 3. The molecule has 2 amide bonds. The van der Waals surface area contributed by atoms with Crippen molar-refractivity contribution in [2.45, 2.75) is 39.3 Å². The molecular weight excluding hydrogens is 272 g/mol. The number of carboxylic acid groups (broad SMARTS) is 1. The van der Waals surface area contributed by atoms with Crippen molar-refractivity contribution < 1.29 is 19.5 Å². The number of benzene rings is 1. The number of carboxylic acids is 1. The molecule has 1 aromatic rings.